The predicted octanol–water partition coefficient (Wildman–Crippen LogP) is 3.49. The number of nitrogens with zero attached hydrogens (tertiary/aromatic N) is 3. The number of benzene rings is 2. The lowest BCUT2D eigenvalue weighted by molar-refractivity contribution is 0.414. The van der Waals surface area contributed by atoms with Crippen LogP contribution in [0.5, 0.6) is 5.75 Å². The number of methoxy groups -OCH3 is 1. The highest BCUT2D eigenvalue weighted by atomic mass is 16.5. The lowest BCUT2D eigenvalue weighted by Gasteiger charge is -2.12. The highest BCUT2D eigenvalue weighted by Crippen LogP contribution is 2.13. The van der Waals surface area contributed by atoms with E-state index in [2.05, 4.69) is 46.0 Å². The minimum Gasteiger partial charge on any atom is -0.497 e. The monoisotopic (exact) mass is 391 g/mol. The van der Waals surface area contributed by atoms with E-state index < -0.39 is 0 Å². The fraction of sp³-hybridized carbons (Fsp3) is 0.304. The van der Waals surface area contributed by atoms with E-state index in [-0.39, 0.29) is 0 Å². The number of para-hydroxylation sites is 1. The molecule has 0 unspecified atom stereocenters. The Morgan fingerprint density at radius 3 is 2.52 bits per heavy atom. The zero-order chi connectivity index (χ0) is 20.5. The van der Waals surface area contributed by atoms with Gasteiger partial charge in [-0.3, -0.25) is 4.99 Å². The number of aryl methyl sites for hydroxylation is 2. The Morgan fingerprint density at radius 2 is 1.83 bits per heavy atom. The van der Waals surface area contributed by atoms with Gasteiger partial charge in [-0.1, -0.05) is 30.3 Å². The molecule has 0 atom stereocenters. The van der Waals surface area contributed by atoms with E-state index in [4.69, 9.17) is 4.74 Å². The van der Waals surface area contributed by atoms with Crippen LogP contribution in [-0.2, 0) is 13.0 Å². The maximum Gasteiger partial charge on any atom is 0.191 e. The third-order valence-corrected chi connectivity index (χ3v) is 4.78. The number of hydrogen-bond donors (Lipinski definition) is 2. The first kappa shape index (κ1) is 20.5. The third-order valence-electron chi connectivity index (χ3n) is 4.78. The van der Waals surface area contributed by atoms with Gasteiger partial charge in [-0.05, 0) is 55.2 Å². The van der Waals surface area contributed by atoms with Gasteiger partial charge in [0.2, 0.25) is 0 Å². The van der Waals surface area contributed by atoms with Crippen LogP contribution >= 0.6 is 0 Å². The summed E-state index contributed by atoms with van der Waals surface area (Å²) >= 11 is 0. The zero-order valence-electron chi connectivity index (χ0n) is 17.4. The smallest absolute Gasteiger partial charge is 0.191 e. The minimum atomic E-state index is 0.715. The van der Waals surface area contributed by atoms with Gasteiger partial charge in [0.15, 0.2) is 5.96 Å². The first-order valence-corrected chi connectivity index (χ1v) is 9.87. The van der Waals surface area contributed by atoms with Gasteiger partial charge in [0.05, 0.1) is 18.5 Å². The van der Waals surface area contributed by atoms with Crippen molar-refractivity contribution in [2.75, 3.05) is 20.7 Å². The topological polar surface area (TPSA) is 63.5 Å². The second-order valence-corrected chi connectivity index (χ2v) is 6.82. The Labute approximate surface area is 172 Å². The molecule has 152 valence electrons. The Kier molecular flexibility index (Phi) is 7.28. The summed E-state index contributed by atoms with van der Waals surface area (Å²) in [5.74, 6) is 1.67. The summed E-state index contributed by atoms with van der Waals surface area (Å²) in [6.45, 7) is 3.63. The van der Waals surface area contributed by atoms with Crippen molar-refractivity contribution in [3.63, 3.8) is 0 Å². The molecule has 6 nitrogen and oxygen atoms in total. The van der Waals surface area contributed by atoms with Gasteiger partial charge in [0.25, 0.3) is 0 Å². The van der Waals surface area contributed by atoms with E-state index in [0.717, 1.165) is 42.5 Å². The molecule has 0 aliphatic carbocycles. The lowest BCUT2D eigenvalue weighted by Crippen LogP contribution is -2.37. The van der Waals surface area contributed by atoms with Crippen LogP contribution in [0.4, 0.5) is 0 Å². The molecule has 0 saturated carbocycles. The van der Waals surface area contributed by atoms with Crippen molar-refractivity contribution in [2.24, 2.45) is 4.99 Å². The van der Waals surface area contributed by atoms with E-state index in [1.165, 1.54) is 11.1 Å². The van der Waals surface area contributed by atoms with Gasteiger partial charge in [0, 0.05) is 26.3 Å². The molecule has 0 aliphatic rings. The Balaban J connectivity index is 1.43. The Morgan fingerprint density at radius 1 is 1.07 bits per heavy atom. The Hall–Kier alpha value is -3.28. The number of guanidine groups is 1. The van der Waals surface area contributed by atoms with Gasteiger partial charge >= 0.3 is 0 Å². The first-order valence-electron chi connectivity index (χ1n) is 9.87. The average molecular weight is 392 g/mol. The summed E-state index contributed by atoms with van der Waals surface area (Å²) < 4.78 is 7.14. The summed E-state index contributed by atoms with van der Waals surface area (Å²) in [5, 5.41) is 11.4. The third kappa shape index (κ3) is 5.85. The number of aliphatic imine (C=N–C) groups is 1. The predicted molar refractivity (Wildman–Crippen MR) is 118 cm³/mol. The van der Waals surface area contributed by atoms with Crippen LogP contribution < -0.4 is 15.4 Å². The number of hydrogen-bond acceptors (Lipinski definition) is 3. The van der Waals surface area contributed by atoms with E-state index >= 15 is 0 Å². The van der Waals surface area contributed by atoms with Gasteiger partial charge in [-0.25, -0.2) is 4.68 Å². The highest BCUT2D eigenvalue weighted by Gasteiger charge is 2.06. The van der Waals surface area contributed by atoms with Crippen molar-refractivity contribution in [1.29, 1.82) is 0 Å². The largest absolute Gasteiger partial charge is 0.497 e. The molecule has 1 aromatic heterocycles. The molecule has 6 heteroatoms. The number of nitrogens with one attached hydrogen (secondary N) is 2. The van der Waals surface area contributed by atoms with Gasteiger partial charge in [0.1, 0.15) is 5.75 Å². The van der Waals surface area contributed by atoms with Crippen molar-refractivity contribution < 1.29 is 4.74 Å². The first-order chi connectivity index (χ1) is 14.2. The number of ether oxygens (including phenoxy) is 1. The molecule has 2 N–H and O–H groups in total. The van der Waals surface area contributed by atoms with Gasteiger partial charge in [-0.2, -0.15) is 5.10 Å². The molecular weight excluding hydrogens is 362 g/mol. The van der Waals surface area contributed by atoms with Crippen molar-refractivity contribution in [1.82, 2.24) is 20.4 Å². The summed E-state index contributed by atoms with van der Waals surface area (Å²) in [6.07, 6.45) is 4.10. The maximum atomic E-state index is 5.19. The molecular formula is C23H29N5O. The second-order valence-electron chi connectivity index (χ2n) is 6.82. The quantitative estimate of drug-likeness (QED) is 0.351. The average Bonchev–Trinajstić information content (AvgIpc) is 3.14. The van der Waals surface area contributed by atoms with Crippen LogP contribution in [0.25, 0.3) is 5.69 Å². The standard InChI is InChI=1S/C23H29N5O/c1-18-20(17-28(27-18)21-9-5-4-6-10-21)8-7-15-25-23(24-2)26-16-19-11-13-22(29-3)14-12-19/h4-6,9-14,17H,7-8,15-16H2,1-3H3,(H2,24,25,26). The van der Waals surface area contributed by atoms with Crippen molar-refractivity contribution in [3.05, 3.63) is 77.6 Å². The van der Waals surface area contributed by atoms with Crippen LogP contribution in [0.3, 0.4) is 0 Å². The van der Waals surface area contributed by atoms with Crippen LogP contribution in [-0.4, -0.2) is 36.4 Å². The summed E-state index contributed by atoms with van der Waals surface area (Å²) in [7, 11) is 3.46. The normalized spacial score (nSPS) is 11.3. The molecule has 0 aliphatic heterocycles. The van der Waals surface area contributed by atoms with E-state index in [1.807, 2.05) is 47.1 Å². The van der Waals surface area contributed by atoms with Crippen LogP contribution in [0.2, 0.25) is 0 Å². The van der Waals surface area contributed by atoms with E-state index in [9.17, 15) is 0 Å². The van der Waals surface area contributed by atoms with E-state index in [1.54, 1.807) is 14.2 Å². The molecule has 1 heterocycles. The molecule has 2 aromatic carbocycles. The summed E-state index contributed by atoms with van der Waals surface area (Å²) in [4.78, 5) is 4.30. The number of rotatable bonds is 8. The molecule has 0 radical (unpaired) electrons. The molecule has 0 fully saturated rings. The second kappa shape index (κ2) is 10.3. The van der Waals surface area contributed by atoms with Crippen LogP contribution in [0.15, 0.2) is 65.8 Å². The van der Waals surface area contributed by atoms with Crippen molar-refractivity contribution in [3.8, 4) is 11.4 Å². The molecule has 29 heavy (non-hydrogen) atoms. The fourth-order valence-electron chi connectivity index (χ4n) is 3.09. The summed E-state index contributed by atoms with van der Waals surface area (Å²) in [5.41, 5.74) is 4.62. The number of aromatic nitrogens is 2. The Bertz CT molecular complexity index is 916. The van der Waals surface area contributed by atoms with Crippen molar-refractivity contribution >= 4 is 5.96 Å². The van der Waals surface area contributed by atoms with Gasteiger partial charge in [-0.15, -0.1) is 0 Å². The molecule has 0 saturated heterocycles. The minimum absolute atomic E-state index is 0.715. The molecule has 3 aromatic rings. The van der Waals surface area contributed by atoms with Gasteiger partial charge < -0.3 is 15.4 Å². The molecule has 3 rings (SSSR count). The van der Waals surface area contributed by atoms with E-state index in [0.29, 0.717) is 6.54 Å². The molecule has 0 bridgehead atoms. The molecule has 0 amide bonds. The SMILES string of the molecule is CN=C(NCCCc1cn(-c2ccccc2)nc1C)NCc1ccc(OC)cc1. The summed E-state index contributed by atoms with van der Waals surface area (Å²) in [6, 6.07) is 18.2. The lowest BCUT2D eigenvalue weighted by atomic mass is 10.1. The highest BCUT2D eigenvalue weighted by molar-refractivity contribution is 5.79. The van der Waals surface area contributed by atoms with Crippen LogP contribution in [0.1, 0.15) is 23.2 Å². The maximum absolute atomic E-state index is 5.19. The molecule has 0 spiro atoms. The fourth-order valence-corrected chi connectivity index (χ4v) is 3.09. The zero-order valence-corrected chi connectivity index (χ0v) is 17.4. The van der Waals surface area contributed by atoms with Crippen LogP contribution in [0, 0.1) is 6.92 Å². The van der Waals surface area contributed by atoms with Crippen molar-refractivity contribution in [2.45, 2.75) is 26.3 Å².